The molecule has 0 N–H and O–H groups in total. The minimum atomic E-state index is -0.798. The normalized spacial score (nSPS) is 13.1. The first kappa shape index (κ1) is 17.6. The van der Waals surface area contributed by atoms with Gasteiger partial charge in [-0.05, 0) is 17.5 Å². The summed E-state index contributed by atoms with van der Waals surface area (Å²) < 4.78 is 0. The van der Waals surface area contributed by atoms with Crippen molar-refractivity contribution in [3.63, 3.8) is 0 Å². The van der Waals surface area contributed by atoms with Crippen molar-refractivity contribution in [3.05, 3.63) is 84.9 Å². The van der Waals surface area contributed by atoms with Gasteiger partial charge in [0, 0.05) is 29.7 Å². The fourth-order valence-electron chi connectivity index (χ4n) is 3.22. The number of nitro benzene ring substituents is 2. The van der Waals surface area contributed by atoms with Gasteiger partial charge in [-0.1, -0.05) is 23.7 Å². The van der Waals surface area contributed by atoms with E-state index in [-0.39, 0.29) is 32.6 Å². The van der Waals surface area contributed by atoms with Gasteiger partial charge in [0.1, 0.15) is 0 Å². The third kappa shape index (κ3) is 2.48. The summed E-state index contributed by atoms with van der Waals surface area (Å²) in [4.78, 5) is 48.0. The predicted molar refractivity (Wildman–Crippen MR) is 99.8 cm³/mol. The van der Waals surface area contributed by atoms with Gasteiger partial charge in [0.25, 0.3) is 23.2 Å². The van der Waals surface area contributed by atoms with Crippen LogP contribution in [0.5, 0.6) is 0 Å². The SMILES string of the molecule is O=C1c2cc([N+](=O)[O-])cc3cc([N+](=O)[O-])cc(c23)C(=O)N1c1ccccc1Cl. The smallest absolute Gasteiger partial charge is 0.268 e. The number of non-ortho nitro benzene ring substituents is 2. The lowest BCUT2D eigenvalue weighted by molar-refractivity contribution is -0.385. The van der Waals surface area contributed by atoms with Crippen LogP contribution in [0.2, 0.25) is 5.02 Å². The molecule has 0 aliphatic carbocycles. The summed E-state index contributed by atoms with van der Waals surface area (Å²) in [5.74, 6) is -1.60. The van der Waals surface area contributed by atoms with Gasteiger partial charge in [0.2, 0.25) is 0 Å². The van der Waals surface area contributed by atoms with Crippen LogP contribution >= 0.6 is 11.6 Å². The molecule has 0 saturated carbocycles. The number of benzene rings is 3. The minimum Gasteiger partial charge on any atom is -0.268 e. The zero-order valence-electron chi connectivity index (χ0n) is 13.8. The van der Waals surface area contributed by atoms with Gasteiger partial charge in [-0.25, -0.2) is 4.90 Å². The van der Waals surface area contributed by atoms with Crippen LogP contribution in [-0.2, 0) is 0 Å². The molecule has 0 bridgehead atoms. The number of hydrogen-bond donors (Lipinski definition) is 0. The van der Waals surface area contributed by atoms with Crippen LogP contribution in [0.1, 0.15) is 20.7 Å². The molecular formula is C18H8ClN3O6. The highest BCUT2D eigenvalue weighted by Crippen LogP contribution is 2.39. The number of nitro groups is 2. The van der Waals surface area contributed by atoms with Crippen LogP contribution in [0.15, 0.2) is 48.5 Å². The lowest BCUT2D eigenvalue weighted by Gasteiger charge is -2.27. The monoisotopic (exact) mass is 397 g/mol. The Morgan fingerprint density at radius 3 is 1.79 bits per heavy atom. The van der Waals surface area contributed by atoms with Gasteiger partial charge in [-0.15, -0.1) is 0 Å². The number of amides is 2. The summed E-state index contributed by atoms with van der Waals surface area (Å²) in [5, 5.41) is 22.8. The Bertz CT molecular complexity index is 1170. The number of imide groups is 1. The first-order valence-electron chi connectivity index (χ1n) is 7.83. The van der Waals surface area contributed by atoms with Crippen LogP contribution in [-0.4, -0.2) is 21.7 Å². The van der Waals surface area contributed by atoms with Crippen molar-refractivity contribution in [2.45, 2.75) is 0 Å². The molecule has 0 unspecified atom stereocenters. The maximum Gasteiger partial charge on any atom is 0.270 e. The minimum absolute atomic E-state index is 0.0638. The second-order valence-electron chi connectivity index (χ2n) is 6.00. The Balaban J connectivity index is 2.09. The fraction of sp³-hybridized carbons (Fsp3) is 0. The molecule has 1 heterocycles. The Labute approximate surface area is 161 Å². The average Bonchev–Trinajstić information content (AvgIpc) is 2.66. The molecule has 2 amide bonds. The molecule has 1 aliphatic rings. The van der Waals surface area contributed by atoms with E-state index in [9.17, 15) is 29.8 Å². The van der Waals surface area contributed by atoms with Gasteiger partial charge in [-0.3, -0.25) is 29.8 Å². The Hall–Kier alpha value is -3.85. The third-order valence-corrected chi connectivity index (χ3v) is 4.72. The summed E-state index contributed by atoms with van der Waals surface area (Å²) in [6, 6.07) is 10.4. The van der Waals surface area contributed by atoms with Crippen molar-refractivity contribution in [2.75, 3.05) is 4.90 Å². The summed E-state index contributed by atoms with van der Waals surface area (Å²) in [5.41, 5.74) is -0.968. The molecule has 9 nitrogen and oxygen atoms in total. The lowest BCUT2D eigenvalue weighted by Crippen LogP contribution is -2.40. The highest BCUT2D eigenvalue weighted by Gasteiger charge is 2.37. The first-order chi connectivity index (χ1) is 13.3. The highest BCUT2D eigenvalue weighted by atomic mass is 35.5. The van der Waals surface area contributed by atoms with E-state index in [0.29, 0.717) is 0 Å². The van der Waals surface area contributed by atoms with E-state index in [4.69, 9.17) is 11.6 Å². The molecule has 0 saturated heterocycles. The number of carbonyl (C=O) groups excluding carboxylic acids is 2. The van der Waals surface area contributed by atoms with Gasteiger partial charge < -0.3 is 0 Å². The summed E-state index contributed by atoms with van der Waals surface area (Å²) in [7, 11) is 0. The molecule has 4 rings (SSSR count). The second-order valence-corrected chi connectivity index (χ2v) is 6.40. The van der Waals surface area contributed by atoms with Crippen LogP contribution in [0, 0.1) is 20.2 Å². The molecule has 0 aromatic heterocycles. The highest BCUT2D eigenvalue weighted by molar-refractivity contribution is 6.40. The van der Waals surface area contributed by atoms with E-state index < -0.39 is 33.0 Å². The molecule has 28 heavy (non-hydrogen) atoms. The van der Waals surface area contributed by atoms with Gasteiger partial charge in [-0.2, -0.15) is 0 Å². The zero-order chi connectivity index (χ0) is 20.2. The van der Waals surface area contributed by atoms with Crippen molar-refractivity contribution in [1.82, 2.24) is 0 Å². The van der Waals surface area contributed by atoms with Crippen molar-refractivity contribution in [1.29, 1.82) is 0 Å². The van der Waals surface area contributed by atoms with E-state index in [1.54, 1.807) is 12.1 Å². The number of carbonyl (C=O) groups is 2. The zero-order valence-corrected chi connectivity index (χ0v) is 14.5. The maximum absolute atomic E-state index is 13.0. The Morgan fingerprint density at radius 2 is 1.32 bits per heavy atom. The van der Waals surface area contributed by atoms with Gasteiger partial charge >= 0.3 is 0 Å². The molecule has 0 spiro atoms. The third-order valence-electron chi connectivity index (χ3n) is 4.40. The number of rotatable bonds is 3. The van der Waals surface area contributed by atoms with E-state index in [2.05, 4.69) is 0 Å². The number of nitrogens with zero attached hydrogens (tertiary/aromatic N) is 3. The van der Waals surface area contributed by atoms with Crippen LogP contribution in [0.4, 0.5) is 17.1 Å². The Kier molecular flexibility index (Phi) is 3.83. The summed E-state index contributed by atoms with van der Waals surface area (Å²) in [6.07, 6.45) is 0. The predicted octanol–water partition coefficient (Wildman–Crippen LogP) is 4.11. The molecule has 0 radical (unpaired) electrons. The molecule has 3 aromatic carbocycles. The lowest BCUT2D eigenvalue weighted by atomic mass is 9.92. The average molecular weight is 398 g/mol. The van der Waals surface area contributed by atoms with E-state index in [1.807, 2.05) is 0 Å². The number of halogens is 1. The maximum atomic E-state index is 13.0. The van der Waals surface area contributed by atoms with Gasteiger partial charge in [0.05, 0.1) is 31.7 Å². The van der Waals surface area contributed by atoms with Crippen molar-refractivity contribution < 1.29 is 19.4 Å². The number of para-hydroxylation sites is 1. The topological polar surface area (TPSA) is 124 Å². The quantitative estimate of drug-likeness (QED) is 0.372. The number of anilines is 1. The van der Waals surface area contributed by atoms with E-state index >= 15 is 0 Å². The van der Waals surface area contributed by atoms with Gasteiger partial charge in [0.15, 0.2) is 0 Å². The first-order valence-corrected chi connectivity index (χ1v) is 8.21. The molecule has 3 aromatic rings. The largest absolute Gasteiger partial charge is 0.270 e. The molecular weight excluding hydrogens is 390 g/mol. The Morgan fingerprint density at radius 1 is 0.821 bits per heavy atom. The molecule has 10 heteroatoms. The standard InChI is InChI=1S/C18H8ClN3O6/c19-14-3-1-2-4-15(14)20-17(23)12-7-10(21(25)26)5-9-6-11(22(27)28)8-13(16(9)12)18(20)24/h1-8H. The van der Waals surface area contributed by atoms with Crippen LogP contribution in [0.3, 0.4) is 0 Å². The molecule has 0 atom stereocenters. The molecule has 0 fully saturated rings. The molecule has 1 aliphatic heterocycles. The van der Waals surface area contributed by atoms with Crippen molar-refractivity contribution >= 4 is 51.2 Å². The summed E-state index contributed by atoms with van der Waals surface area (Å²) in [6.45, 7) is 0. The van der Waals surface area contributed by atoms with E-state index in [1.165, 1.54) is 12.1 Å². The molecule has 138 valence electrons. The van der Waals surface area contributed by atoms with Crippen molar-refractivity contribution in [3.8, 4) is 0 Å². The fourth-order valence-corrected chi connectivity index (χ4v) is 3.44. The second kappa shape index (κ2) is 6.10. The summed E-state index contributed by atoms with van der Waals surface area (Å²) >= 11 is 6.12. The number of hydrogen-bond acceptors (Lipinski definition) is 6. The van der Waals surface area contributed by atoms with Crippen LogP contribution < -0.4 is 4.90 Å². The van der Waals surface area contributed by atoms with Crippen molar-refractivity contribution in [2.24, 2.45) is 0 Å². The van der Waals surface area contributed by atoms with Crippen LogP contribution in [0.25, 0.3) is 10.8 Å². The van der Waals surface area contributed by atoms with E-state index in [0.717, 1.165) is 29.2 Å².